The van der Waals surface area contributed by atoms with Crippen LogP contribution in [-0.4, -0.2) is 16.9 Å². The first-order valence-corrected chi connectivity index (χ1v) is 6.64. The molecule has 1 aromatic carbocycles. The van der Waals surface area contributed by atoms with E-state index in [1.807, 2.05) is 31.2 Å². The van der Waals surface area contributed by atoms with Gasteiger partial charge in [0.15, 0.2) is 0 Å². The zero-order valence-corrected chi connectivity index (χ0v) is 11.0. The Balaban J connectivity index is 2.01. The Morgan fingerprint density at radius 1 is 1.21 bits per heavy atom. The molecule has 0 saturated heterocycles. The second kappa shape index (κ2) is 5.16. The van der Waals surface area contributed by atoms with E-state index in [4.69, 9.17) is 0 Å². The van der Waals surface area contributed by atoms with Gasteiger partial charge in [0, 0.05) is 6.42 Å². The van der Waals surface area contributed by atoms with E-state index in [1.165, 1.54) is 0 Å². The predicted molar refractivity (Wildman–Crippen MR) is 67.8 cm³/mol. The van der Waals surface area contributed by atoms with Crippen molar-refractivity contribution in [2.45, 2.75) is 50.8 Å². The van der Waals surface area contributed by atoms with Crippen molar-refractivity contribution < 1.29 is 18.3 Å². The van der Waals surface area contributed by atoms with Crippen LogP contribution in [0.4, 0.5) is 13.2 Å². The van der Waals surface area contributed by atoms with Gasteiger partial charge in [0.1, 0.15) is 0 Å². The summed E-state index contributed by atoms with van der Waals surface area (Å²) >= 11 is 0. The Morgan fingerprint density at radius 3 is 2.32 bits per heavy atom. The molecule has 0 aromatic heterocycles. The summed E-state index contributed by atoms with van der Waals surface area (Å²) in [5, 5.41) is 10.5. The molecule has 0 radical (unpaired) electrons. The molecule has 1 nitrogen and oxygen atoms in total. The average molecular weight is 272 g/mol. The summed E-state index contributed by atoms with van der Waals surface area (Å²) in [4.78, 5) is 0. The topological polar surface area (TPSA) is 20.2 Å². The summed E-state index contributed by atoms with van der Waals surface area (Å²) in [6, 6.07) is 7.71. The maximum atomic E-state index is 12.6. The predicted octanol–water partition coefficient (Wildman–Crippen LogP) is 4.02. The molecular weight excluding hydrogens is 253 g/mol. The van der Waals surface area contributed by atoms with Gasteiger partial charge in [-0.15, -0.1) is 0 Å². The summed E-state index contributed by atoms with van der Waals surface area (Å²) in [7, 11) is 0. The minimum absolute atomic E-state index is 0.0336. The highest BCUT2D eigenvalue weighted by Crippen LogP contribution is 2.42. The van der Waals surface area contributed by atoms with Gasteiger partial charge in [-0.1, -0.05) is 24.3 Å². The van der Waals surface area contributed by atoms with E-state index in [9.17, 15) is 18.3 Å². The number of aryl methyl sites for hydroxylation is 1. The maximum absolute atomic E-state index is 12.6. The number of hydrogen-bond donors (Lipinski definition) is 1. The molecule has 0 amide bonds. The lowest BCUT2D eigenvalue weighted by Gasteiger charge is -2.37. The Kier molecular flexibility index (Phi) is 3.90. The van der Waals surface area contributed by atoms with E-state index in [0.29, 0.717) is 6.42 Å². The third-order valence-corrected chi connectivity index (χ3v) is 4.16. The van der Waals surface area contributed by atoms with E-state index in [-0.39, 0.29) is 25.7 Å². The molecule has 1 aliphatic rings. The first kappa shape index (κ1) is 14.4. The van der Waals surface area contributed by atoms with Gasteiger partial charge in [-0.3, -0.25) is 0 Å². The van der Waals surface area contributed by atoms with Crippen molar-refractivity contribution in [1.82, 2.24) is 0 Å². The van der Waals surface area contributed by atoms with Crippen LogP contribution < -0.4 is 0 Å². The SMILES string of the molecule is Cc1ccccc1CC1(O)CCC(C(F)(F)F)CC1. The van der Waals surface area contributed by atoms with Crippen LogP contribution in [0, 0.1) is 12.8 Å². The van der Waals surface area contributed by atoms with Crippen molar-refractivity contribution in [3.8, 4) is 0 Å². The first-order chi connectivity index (χ1) is 8.80. The number of benzene rings is 1. The lowest BCUT2D eigenvalue weighted by molar-refractivity contribution is -0.192. The largest absolute Gasteiger partial charge is 0.391 e. The van der Waals surface area contributed by atoms with Crippen molar-refractivity contribution in [1.29, 1.82) is 0 Å². The molecule has 0 aliphatic heterocycles. The monoisotopic (exact) mass is 272 g/mol. The normalized spacial score (nSPS) is 28.4. The minimum atomic E-state index is -4.12. The van der Waals surface area contributed by atoms with Crippen LogP contribution in [0.1, 0.15) is 36.8 Å². The van der Waals surface area contributed by atoms with E-state index in [1.54, 1.807) is 0 Å². The number of alkyl halides is 3. The first-order valence-electron chi connectivity index (χ1n) is 6.64. The fourth-order valence-electron chi connectivity index (χ4n) is 2.82. The molecule has 0 atom stereocenters. The molecule has 0 bridgehead atoms. The van der Waals surface area contributed by atoms with Gasteiger partial charge in [0.2, 0.25) is 0 Å². The molecule has 2 rings (SSSR count). The molecule has 1 fully saturated rings. The summed E-state index contributed by atoms with van der Waals surface area (Å²) in [6.45, 7) is 1.96. The highest BCUT2D eigenvalue weighted by atomic mass is 19.4. The summed E-state index contributed by atoms with van der Waals surface area (Å²) in [5.74, 6) is -1.25. The molecule has 106 valence electrons. The summed E-state index contributed by atoms with van der Waals surface area (Å²) in [6.07, 6.45) is -3.15. The molecule has 0 heterocycles. The van der Waals surface area contributed by atoms with Gasteiger partial charge in [-0.2, -0.15) is 13.2 Å². The molecular formula is C15H19F3O. The van der Waals surface area contributed by atoms with E-state index in [2.05, 4.69) is 0 Å². The van der Waals surface area contributed by atoms with Crippen molar-refractivity contribution in [2.75, 3.05) is 0 Å². The average Bonchev–Trinajstić information content (AvgIpc) is 2.31. The zero-order valence-electron chi connectivity index (χ0n) is 11.0. The van der Waals surface area contributed by atoms with Crippen LogP contribution in [0.5, 0.6) is 0 Å². The number of halogens is 3. The van der Waals surface area contributed by atoms with E-state index >= 15 is 0 Å². The molecule has 1 aliphatic carbocycles. The second-order valence-corrected chi connectivity index (χ2v) is 5.64. The van der Waals surface area contributed by atoms with Gasteiger partial charge < -0.3 is 5.11 Å². The van der Waals surface area contributed by atoms with Crippen molar-refractivity contribution in [3.05, 3.63) is 35.4 Å². The fourth-order valence-corrected chi connectivity index (χ4v) is 2.82. The van der Waals surface area contributed by atoms with Crippen LogP contribution >= 0.6 is 0 Å². The van der Waals surface area contributed by atoms with Crippen molar-refractivity contribution in [2.24, 2.45) is 5.92 Å². The summed E-state index contributed by atoms with van der Waals surface area (Å²) < 4.78 is 37.8. The van der Waals surface area contributed by atoms with Crippen LogP contribution in [0.3, 0.4) is 0 Å². The van der Waals surface area contributed by atoms with Crippen LogP contribution in [0.15, 0.2) is 24.3 Å². The van der Waals surface area contributed by atoms with Gasteiger partial charge in [0.25, 0.3) is 0 Å². The Morgan fingerprint density at radius 2 is 1.79 bits per heavy atom. The smallest absolute Gasteiger partial charge is 0.390 e. The van der Waals surface area contributed by atoms with Gasteiger partial charge in [-0.05, 0) is 43.7 Å². The molecule has 19 heavy (non-hydrogen) atoms. The van der Waals surface area contributed by atoms with Crippen LogP contribution in [0.2, 0.25) is 0 Å². The number of rotatable bonds is 2. The molecule has 4 heteroatoms. The molecule has 1 aromatic rings. The molecule has 0 unspecified atom stereocenters. The lowest BCUT2D eigenvalue weighted by atomic mass is 9.75. The third-order valence-electron chi connectivity index (χ3n) is 4.16. The Labute approximate surface area is 111 Å². The Bertz CT molecular complexity index is 431. The van der Waals surface area contributed by atoms with Gasteiger partial charge in [-0.25, -0.2) is 0 Å². The molecule has 1 saturated carbocycles. The standard InChI is InChI=1S/C15H19F3O/c1-11-4-2-3-5-12(11)10-14(19)8-6-13(7-9-14)15(16,17)18/h2-5,13,19H,6-10H2,1H3. The lowest BCUT2D eigenvalue weighted by Crippen LogP contribution is -2.40. The van der Waals surface area contributed by atoms with Gasteiger partial charge >= 0.3 is 6.18 Å². The Hall–Kier alpha value is -1.03. The second-order valence-electron chi connectivity index (χ2n) is 5.64. The van der Waals surface area contributed by atoms with Crippen LogP contribution in [-0.2, 0) is 6.42 Å². The minimum Gasteiger partial charge on any atom is -0.390 e. The van der Waals surface area contributed by atoms with Crippen molar-refractivity contribution in [3.63, 3.8) is 0 Å². The van der Waals surface area contributed by atoms with Crippen LogP contribution in [0.25, 0.3) is 0 Å². The molecule has 1 N–H and O–H groups in total. The molecule has 0 spiro atoms. The maximum Gasteiger partial charge on any atom is 0.391 e. The van der Waals surface area contributed by atoms with E-state index < -0.39 is 17.7 Å². The number of aliphatic hydroxyl groups is 1. The van der Waals surface area contributed by atoms with E-state index in [0.717, 1.165) is 11.1 Å². The van der Waals surface area contributed by atoms with Crippen molar-refractivity contribution >= 4 is 0 Å². The number of hydrogen-bond acceptors (Lipinski definition) is 1. The fraction of sp³-hybridized carbons (Fsp3) is 0.600. The zero-order chi connectivity index (χ0) is 14.1. The highest BCUT2D eigenvalue weighted by molar-refractivity contribution is 5.27. The highest BCUT2D eigenvalue weighted by Gasteiger charge is 2.45. The quantitative estimate of drug-likeness (QED) is 0.862. The third kappa shape index (κ3) is 3.50. The summed E-state index contributed by atoms with van der Waals surface area (Å²) in [5.41, 5.74) is 1.12. The van der Waals surface area contributed by atoms with Gasteiger partial charge in [0.05, 0.1) is 11.5 Å².